The number of hydrogen-bond donors (Lipinski definition) is 2. The molecule has 3 rings (SSSR count). The number of nitrogens with zero attached hydrogens (tertiary/aromatic N) is 3. The quantitative estimate of drug-likeness (QED) is 0.645. The van der Waals surface area contributed by atoms with Crippen LogP contribution in [0.5, 0.6) is 0 Å². The van der Waals surface area contributed by atoms with Crippen molar-refractivity contribution in [3.05, 3.63) is 11.9 Å². The lowest BCUT2D eigenvalue weighted by Crippen LogP contribution is -2.41. The molecular weight excluding hydrogens is 238 g/mol. The fourth-order valence-electron chi connectivity index (χ4n) is 2.95. The van der Waals surface area contributed by atoms with Gasteiger partial charge in [0.05, 0.1) is 0 Å². The van der Waals surface area contributed by atoms with Gasteiger partial charge in [0.15, 0.2) is 0 Å². The van der Waals surface area contributed by atoms with E-state index in [0.29, 0.717) is 12.0 Å². The van der Waals surface area contributed by atoms with Crippen molar-refractivity contribution in [3.63, 3.8) is 0 Å². The highest BCUT2D eigenvalue weighted by atomic mass is 15.3. The van der Waals surface area contributed by atoms with E-state index >= 15 is 0 Å². The zero-order chi connectivity index (χ0) is 13.4. The fraction of sp³-hybridized carbons (Fsp3) is 0.714. The number of piperidine rings is 1. The van der Waals surface area contributed by atoms with Gasteiger partial charge >= 0.3 is 0 Å². The predicted octanol–water partition coefficient (Wildman–Crippen LogP) is 2.26. The highest BCUT2D eigenvalue weighted by Gasteiger charge is 2.29. The lowest BCUT2D eigenvalue weighted by molar-refractivity contribution is 0.375. The van der Waals surface area contributed by atoms with Gasteiger partial charge in [0.25, 0.3) is 0 Å². The normalized spacial score (nSPS) is 27.4. The Morgan fingerprint density at radius 2 is 2.05 bits per heavy atom. The van der Waals surface area contributed by atoms with Gasteiger partial charge in [-0.1, -0.05) is 6.92 Å². The molecule has 0 radical (unpaired) electrons. The second-order valence-corrected chi connectivity index (χ2v) is 6.06. The number of anilines is 2. The van der Waals surface area contributed by atoms with Crippen molar-refractivity contribution in [2.24, 2.45) is 11.8 Å². The molecule has 2 unspecified atom stereocenters. The first-order chi connectivity index (χ1) is 9.17. The minimum atomic E-state index is 0.538. The molecule has 104 valence electrons. The molecule has 0 spiro atoms. The van der Waals surface area contributed by atoms with Crippen LogP contribution < -0.4 is 16.2 Å². The Morgan fingerprint density at radius 1 is 1.26 bits per heavy atom. The second-order valence-electron chi connectivity index (χ2n) is 6.06. The van der Waals surface area contributed by atoms with E-state index in [0.717, 1.165) is 29.9 Å². The van der Waals surface area contributed by atoms with Crippen LogP contribution in [0.3, 0.4) is 0 Å². The Balaban J connectivity index is 1.88. The minimum absolute atomic E-state index is 0.538. The van der Waals surface area contributed by atoms with Gasteiger partial charge in [-0.15, -0.1) is 0 Å². The molecule has 1 aromatic rings. The average Bonchev–Trinajstić information content (AvgIpc) is 3.22. The van der Waals surface area contributed by atoms with E-state index in [2.05, 4.69) is 29.2 Å². The third kappa shape index (κ3) is 2.66. The molecule has 0 bridgehead atoms. The molecule has 5 heteroatoms. The highest BCUT2D eigenvalue weighted by molar-refractivity contribution is 5.50. The number of rotatable bonds is 3. The molecule has 1 saturated heterocycles. The van der Waals surface area contributed by atoms with Gasteiger partial charge in [-0.25, -0.2) is 15.8 Å². The standard InChI is InChI=1S/C14H23N5/c1-9-5-6-19(10(2)7-9)13-8-12(18-15)16-14(17-13)11-3-4-11/h8-11H,3-7,15H2,1-2H3,(H,16,17,18). The molecular formula is C14H23N5. The number of hydrogen-bond acceptors (Lipinski definition) is 5. The molecule has 2 aliphatic rings. The van der Waals surface area contributed by atoms with Crippen molar-refractivity contribution in [1.29, 1.82) is 0 Å². The zero-order valence-electron chi connectivity index (χ0n) is 11.8. The maximum absolute atomic E-state index is 5.54. The summed E-state index contributed by atoms with van der Waals surface area (Å²) in [5.41, 5.74) is 2.68. The molecule has 2 atom stereocenters. The molecule has 2 fully saturated rings. The Bertz CT molecular complexity index is 457. The van der Waals surface area contributed by atoms with Gasteiger partial charge in [-0.3, -0.25) is 0 Å². The van der Waals surface area contributed by atoms with Gasteiger partial charge in [-0.05, 0) is 38.5 Å². The summed E-state index contributed by atoms with van der Waals surface area (Å²) < 4.78 is 0. The SMILES string of the molecule is CC1CCN(c2cc(NN)nc(C3CC3)n2)C(C)C1. The summed E-state index contributed by atoms with van der Waals surface area (Å²) in [4.78, 5) is 11.6. The van der Waals surface area contributed by atoms with E-state index in [1.54, 1.807) is 0 Å². The van der Waals surface area contributed by atoms with E-state index in [4.69, 9.17) is 10.8 Å². The summed E-state index contributed by atoms with van der Waals surface area (Å²) in [6.45, 7) is 5.69. The molecule has 1 aromatic heterocycles. The van der Waals surface area contributed by atoms with Crippen LogP contribution in [-0.4, -0.2) is 22.6 Å². The van der Waals surface area contributed by atoms with Crippen LogP contribution in [-0.2, 0) is 0 Å². The van der Waals surface area contributed by atoms with Crippen LogP contribution in [0, 0.1) is 5.92 Å². The third-order valence-electron chi connectivity index (χ3n) is 4.25. The van der Waals surface area contributed by atoms with Crippen LogP contribution in [0.25, 0.3) is 0 Å². The Kier molecular flexibility index (Phi) is 3.31. The molecule has 19 heavy (non-hydrogen) atoms. The molecule has 1 saturated carbocycles. The number of nitrogen functional groups attached to an aromatic ring is 1. The van der Waals surface area contributed by atoms with Crippen molar-refractivity contribution in [2.75, 3.05) is 16.9 Å². The average molecular weight is 261 g/mol. The van der Waals surface area contributed by atoms with E-state index < -0.39 is 0 Å². The summed E-state index contributed by atoms with van der Waals surface area (Å²) in [7, 11) is 0. The predicted molar refractivity (Wildman–Crippen MR) is 77.0 cm³/mol. The molecule has 0 amide bonds. The molecule has 3 N–H and O–H groups in total. The monoisotopic (exact) mass is 261 g/mol. The first kappa shape index (κ1) is 12.7. The van der Waals surface area contributed by atoms with Gasteiger partial charge in [0.2, 0.25) is 0 Å². The Hall–Kier alpha value is -1.36. The highest BCUT2D eigenvalue weighted by Crippen LogP contribution is 2.39. The summed E-state index contributed by atoms with van der Waals surface area (Å²) in [6.07, 6.45) is 4.88. The topological polar surface area (TPSA) is 67.1 Å². The second kappa shape index (κ2) is 4.96. The van der Waals surface area contributed by atoms with Crippen LogP contribution in [0.1, 0.15) is 51.3 Å². The fourth-order valence-corrected chi connectivity index (χ4v) is 2.95. The van der Waals surface area contributed by atoms with Crippen molar-refractivity contribution in [1.82, 2.24) is 9.97 Å². The van der Waals surface area contributed by atoms with Crippen LogP contribution in [0.4, 0.5) is 11.6 Å². The third-order valence-corrected chi connectivity index (χ3v) is 4.25. The summed E-state index contributed by atoms with van der Waals surface area (Å²) >= 11 is 0. The minimum Gasteiger partial charge on any atom is -0.354 e. The smallest absolute Gasteiger partial charge is 0.145 e. The zero-order valence-corrected chi connectivity index (χ0v) is 11.8. The number of nitrogens with two attached hydrogens (primary N) is 1. The first-order valence-electron chi connectivity index (χ1n) is 7.29. The van der Waals surface area contributed by atoms with Crippen molar-refractivity contribution in [3.8, 4) is 0 Å². The van der Waals surface area contributed by atoms with Gasteiger partial charge in [0.1, 0.15) is 17.5 Å². The summed E-state index contributed by atoms with van der Waals surface area (Å²) in [5, 5.41) is 0. The summed E-state index contributed by atoms with van der Waals surface area (Å²) in [6, 6.07) is 2.51. The van der Waals surface area contributed by atoms with Gasteiger partial charge < -0.3 is 10.3 Å². The van der Waals surface area contributed by atoms with Crippen molar-refractivity contribution >= 4 is 11.6 Å². The summed E-state index contributed by atoms with van der Waals surface area (Å²) in [5.74, 6) is 9.61. The molecule has 1 aliphatic carbocycles. The molecule has 1 aliphatic heterocycles. The van der Waals surface area contributed by atoms with Gasteiger partial charge in [0, 0.05) is 24.6 Å². The van der Waals surface area contributed by atoms with E-state index in [1.807, 2.05) is 6.07 Å². The van der Waals surface area contributed by atoms with Crippen molar-refractivity contribution < 1.29 is 0 Å². The molecule has 5 nitrogen and oxygen atoms in total. The van der Waals surface area contributed by atoms with Crippen LogP contribution in [0.15, 0.2) is 6.07 Å². The number of hydrazine groups is 1. The maximum atomic E-state index is 5.54. The lowest BCUT2D eigenvalue weighted by atomic mass is 9.93. The van der Waals surface area contributed by atoms with E-state index in [1.165, 1.54) is 25.7 Å². The molecule has 2 heterocycles. The number of aromatic nitrogens is 2. The van der Waals surface area contributed by atoms with E-state index in [-0.39, 0.29) is 0 Å². The number of nitrogens with one attached hydrogen (secondary N) is 1. The maximum Gasteiger partial charge on any atom is 0.145 e. The van der Waals surface area contributed by atoms with Crippen LogP contribution in [0.2, 0.25) is 0 Å². The van der Waals surface area contributed by atoms with Crippen molar-refractivity contribution in [2.45, 2.75) is 51.5 Å². The lowest BCUT2D eigenvalue weighted by Gasteiger charge is -2.37. The first-order valence-corrected chi connectivity index (χ1v) is 7.29. The van der Waals surface area contributed by atoms with Gasteiger partial charge in [-0.2, -0.15) is 0 Å². The molecule has 0 aromatic carbocycles. The Labute approximate surface area is 114 Å². The Morgan fingerprint density at radius 3 is 2.68 bits per heavy atom. The van der Waals surface area contributed by atoms with Crippen LogP contribution >= 0.6 is 0 Å². The largest absolute Gasteiger partial charge is 0.354 e. The van der Waals surface area contributed by atoms with E-state index in [9.17, 15) is 0 Å².